The second kappa shape index (κ2) is 6.12. The molecule has 3 nitrogen and oxygen atoms in total. The molecule has 0 saturated heterocycles. The Morgan fingerprint density at radius 3 is 2.89 bits per heavy atom. The SMILES string of the molecule is CCOC(=O)/C=C/c1cnc(-c2ccccc2)s1. The number of thiazole rings is 1. The summed E-state index contributed by atoms with van der Waals surface area (Å²) in [5.74, 6) is -0.327. The molecular weight excluding hydrogens is 246 g/mol. The van der Waals surface area contributed by atoms with Gasteiger partial charge in [0.05, 0.1) is 6.61 Å². The van der Waals surface area contributed by atoms with E-state index in [-0.39, 0.29) is 5.97 Å². The van der Waals surface area contributed by atoms with E-state index in [0.717, 1.165) is 15.4 Å². The number of benzene rings is 1. The van der Waals surface area contributed by atoms with Gasteiger partial charge in [-0.05, 0) is 13.0 Å². The van der Waals surface area contributed by atoms with Crippen LogP contribution in [0.15, 0.2) is 42.6 Å². The molecule has 1 heterocycles. The molecule has 0 N–H and O–H groups in total. The molecule has 0 amide bonds. The molecule has 2 rings (SSSR count). The molecule has 0 unspecified atom stereocenters. The highest BCUT2D eigenvalue weighted by Crippen LogP contribution is 2.25. The van der Waals surface area contributed by atoms with Crippen LogP contribution in [-0.2, 0) is 9.53 Å². The third-order valence-corrected chi connectivity index (χ3v) is 3.23. The Hall–Kier alpha value is -1.94. The van der Waals surface area contributed by atoms with Gasteiger partial charge in [-0.2, -0.15) is 0 Å². The fraction of sp³-hybridized carbons (Fsp3) is 0.143. The first-order valence-corrected chi connectivity index (χ1v) is 6.47. The van der Waals surface area contributed by atoms with E-state index in [4.69, 9.17) is 4.74 Å². The molecule has 1 aromatic carbocycles. The molecule has 0 aliphatic rings. The molecule has 0 aliphatic heterocycles. The van der Waals surface area contributed by atoms with Crippen molar-refractivity contribution in [3.05, 3.63) is 47.5 Å². The third kappa shape index (κ3) is 3.28. The summed E-state index contributed by atoms with van der Waals surface area (Å²) in [6.07, 6.45) is 4.90. The summed E-state index contributed by atoms with van der Waals surface area (Å²) in [7, 11) is 0. The van der Waals surface area contributed by atoms with Gasteiger partial charge in [-0.3, -0.25) is 0 Å². The second-order valence-corrected chi connectivity index (χ2v) is 4.58. The lowest BCUT2D eigenvalue weighted by atomic mass is 10.2. The summed E-state index contributed by atoms with van der Waals surface area (Å²) in [5, 5.41) is 0.944. The molecule has 0 saturated carbocycles. The molecule has 2 aromatic rings. The molecule has 0 fully saturated rings. The summed E-state index contributed by atoms with van der Waals surface area (Å²) < 4.78 is 4.81. The zero-order valence-corrected chi connectivity index (χ0v) is 10.8. The molecule has 0 spiro atoms. The number of carbonyl (C=O) groups is 1. The number of carbonyl (C=O) groups excluding carboxylic acids is 1. The van der Waals surface area contributed by atoms with E-state index in [9.17, 15) is 4.79 Å². The highest BCUT2D eigenvalue weighted by molar-refractivity contribution is 7.15. The van der Waals surface area contributed by atoms with Crippen LogP contribution in [0.5, 0.6) is 0 Å². The summed E-state index contributed by atoms with van der Waals surface area (Å²) in [4.78, 5) is 16.4. The van der Waals surface area contributed by atoms with Gasteiger partial charge in [-0.15, -0.1) is 11.3 Å². The maximum Gasteiger partial charge on any atom is 0.330 e. The van der Waals surface area contributed by atoms with Crippen molar-refractivity contribution in [1.82, 2.24) is 4.98 Å². The standard InChI is InChI=1S/C14H13NO2S/c1-2-17-13(16)9-8-12-10-15-14(18-12)11-6-4-3-5-7-11/h3-10H,2H2,1H3/b9-8+. The van der Waals surface area contributed by atoms with Gasteiger partial charge in [-0.25, -0.2) is 9.78 Å². The van der Waals surface area contributed by atoms with Crippen LogP contribution in [0.2, 0.25) is 0 Å². The van der Waals surface area contributed by atoms with E-state index in [0.29, 0.717) is 6.61 Å². The largest absolute Gasteiger partial charge is 0.463 e. The number of hydrogen-bond acceptors (Lipinski definition) is 4. The lowest BCUT2D eigenvalue weighted by Gasteiger charge is -1.93. The van der Waals surface area contributed by atoms with Crippen molar-refractivity contribution in [2.45, 2.75) is 6.92 Å². The summed E-state index contributed by atoms with van der Waals surface area (Å²) in [5.41, 5.74) is 1.08. The van der Waals surface area contributed by atoms with Crippen LogP contribution in [0.4, 0.5) is 0 Å². The van der Waals surface area contributed by atoms with Crippen LogP contribution in [0.3, 0.4) is 0 Å². The van der Waals surface area contributed by atoms with E-state index in [1.54, 1.807) is 30.5 Å². The number of esters is 1. The monoisotopic (exact) mass is 259 g/mol. The minimum absolute atomic E-state index is 0.327. The predicted molar refractivity (Wildman–Crippen MR) is 73.2 cm³/mol. The van der Waals surface area contributed by atoms with Crippen molar-refractivity contribution in [2.24, 2.45) is 0 Å². The molecule has 0 bridgehead atoms. The number of rotatable bonds is 4. The Kier molecular flexibility index (Phi) is 4.25. The van der Waals surface area contributed by atoms with Crippen molar-refractivity contribution < 1.29 is 9.53 Å². The highest BCUT2D eigenvalue weighted by atomic mass is 32.1. The quantitative estimate of drug-likeness (QED) is 0.624. The maximum absolute atomic E-state index is 11.2. The van der Waals surface area contributed by atoms with E-state index < -0.39 is 0 Å². The molecular formula is C14H13NO2S. The summed E-state index contributed by atoms with van der Waals surface area (Å²) >= 11 is 1.54. The zero-order valence-electron chi connectivity index (χ0n) is 10.00. The average molecular weight is 259 g/mol. The second-order valence-electron chi connectivity index (χ2n) is 3.52. The third-order valence-electron chi connectivity index (χ3n) is 2.21. The van der Waals surface area contributed by atoms with Crippen LogP contribution in [0.25, 0.3) is 16.6 Å². The van der Waals surface area contributed by atoms with E-state index in [1.807, 2.05) is 30.3 Å². The van der Waals surface area contributed by atoms with Gasteiger partial charge in [0.15, 0.2) is 0 Å². The van der Waals surface area contributed by atoms with Gasteiger partial charge >= 0.3 is 5.97 Å². The van der Waals surface area contributed by atoms with Crippen molar-refractivity contribution in [3.8, 4) is 10.6 Å². The smallest absolute Gasteiger partial charge is 0.330 e. The Morgan fingerprint density at radius 2 is 2.17 bits per heavy atom. The molecule has 4 heteroatoms. The van der Waals surface area contributed by atoms with Crippen molar-refractivity contribution in [3.63, 3.8) is 0 Å². The number of ether oxygens (including phenoxy) is 1. The van der Waals surface area contributed by atoms with Gasteiger partial charge < -0.3 is 4.74 Å². The van der Waals surface area contributed by atoms with Gasteiger partial charge in [0, 0.05) is 22.7 Å². The Bertz CT molecular complexity index is 546. The number of hydrogen-bond donors (Lipinski definition) is 0. The summed E-state index contributed by atoms with van der Waals surface area (Å²) in [6, 6.07) is 9.95. The minimum Gasteiger partial charge on any atom is -0.463 e. The van der Waals surface area contributed by atoms with Gasteiger partial charge in [0.25, 0.3) is 0 Å². The molecule has 1 aromatic heterocycles. The first kappa shape index (κ1) is 12.5. The van der Waals surface area contributed by atoms with Crippen LogP contribution in [0.1, 0.15) is 11.8 Å². The topological polar surface area (TPSA) is 39.2 Å². The Labute approximate surface area is 110 Å². The van der Waals surface area contributed by atoms with Gasteiger partial charge in [0.2, 0.25) is 0 Å². The van der Waals surface area contributed by atoms with Crippen molar-refractivity contribution in [2.75, 3.05) is 6.61 Å². The van der Waals surface area contributed by atoms with E-state index in [2.05, 4.69) is 4.98 Å². The lowest BCUT2D eigenvalue weighted by molar-refractivity contribution is -0.137. The fourth-order valence-electron chi connectivity index (χ4n) is 1.42. The predicted octanol–water partition coefficient (Wildman–Crippen LogP) is 3.39. The van der Waals surface area contributed by atoms with E-state index in [1.165, 1.54) is 6.08 Å². The van der Waals surface area contributed by atoms with Crippen molar-refractivity contribution in [1.29, 1.82) is 0 Å². The van der Waals surface area contributed by atoms with Crippen LogP contribution >= 0.6 is 11.3 Å². The van der Waals surface area contributed by atoms with Crippen molar-refractivity contribution >= 4 is 23.4 Å². The number of aromatic nitrogens is 1. The fourth-order valence-corrected chi connectivity index (χ4v) is 2.24. The Balaban J connectivity index is 2.09. The average Bonchev–Trinajstić information content (AvgIpc) is 2.87. The first-order valence-electron chi connectivity index (χ1n) is 5.65. The zero-order chi connectivity index (χ0) is 12.8. The van der Waals surface area contributed by atoms with Crippen LogP contribution < -0.4 is 0 Å². The maximum atomic E-state index is 11.2. The van der Waals surface area contributed by atoms with Gasteiger partial charge in [-0.1, -0.05) is 30.3 Å². The normalized spacial score (nSPS) is 10.7. The first-order chi connectivity index (χ1) is 8.79. The Morgan fingerprint density at radius 1 is 1.39 bits per heavy atom. The van der Waals surface area contributed by atoms with E-state index >= 15 is 0 Å². The molecule has 18 heavy (non-hydrogen) atoms. The van der Waals surface area contributed by atoms with Gasteiger partial charge in [0.1, 0.15) is 5.01 Å². The minimum atomic E-state index is -0.327. The highest BCUT2D eigenvalue weighted by Gasteiger charge is 2.02. The molecule has 0 radical (unpaired) electrons. The molecule has 0 atom stereocenters. The lowest BCUT2D eigenvalue weighted by Crippen LogP contribution is -1.98. The number of nitrogens with zero attached hydrogens (tertiary/aromatic N) is 1. The van der Waals surface area contributed by atoms with Crippen LogP contribution in [0, 0.1) is 0 Å². The summed E-state index contributed by atoms with van der Waals surface area (Å²) in [6.45, 7) is 2.17. The van der Waals surface area contributed by atoms with Crippen LogP contribution in [-0.4, -0.2) is 17.6 Å². The molecule has 0 aliphatic carbocycles. The molecule has 92 valence electrons.